The van der Waals surface area contributed by atoms with Crippen LogP contribution in [0.15, 0.2) is 72.8 Å². The Balaban J connectivity index is 2.12. The van der Waals surface area contributed by atoms with E-state index in [9.17, 15) is 22.4 Å². The Hall–Kier alpha value is -3.18. The Kier molecular flexibility index (Phi) is 11.1. The van der Waals surface area contributed by atoms with Crippen molar-refractivity contribution in [3.8, 4) is 0 Å². The highest BCUT2D eigenvalue weighted by atomic mass is 35.5. The molecule has 0 spiro atoms. The molecule has 3 aromatic rings. The van der Waals surface area contributed by atoms with E-state index >= 15 is 0 Å². The lowest BCUT2D eigenvalue weighted by atomic mass is 10.0. The number of carbonyl (C=O) groups excluding carboxylic acids is 2. The lowest BCUT2D eigenvalue weighted by molar-refractivity contribution is -0.140. The van der Waals surface area contributed by atoms with Gasteiger partial charge in [0.2, 0.25) is 11.8 Å². The molecule has 1 N–H and O–H groups in total. The van der Waals surface area contributed by atoms with Crippen LogP contribution in [-0.4, -0.2) is 62.2 Å². The average molecular weight is 624 g/mol. The van der Waals surface area contributed by atoms with Gasteiger partial charge in [-0.25, -0.2) is 8.70 Å². The molecule has 3 rings (SSSR count). The summed E-state index contributed by atoms with van der Waals surface area (Å²) in [6, 6.07) is 17.5. The molecule has 0 saturated carbocycles. The quantitative estimate of drug-likeness (QED) is 0.311. The van der Waals surface area contributed by atoms with Crippen LogP contribution in [0.2, 0.25) is 10.0 Å². The number of anilines is 1. The Morgan fingerprint density at radius 2 is 1.59 bits per heavy atom. The highest BCUT2D eigenvalue weighted by molar-refractivity contribution is 7.90. The van der Waals surface area contributed by atoms with Crippen molar-refractivity contribution in [2.45, 2.75) is 38.9 Å². The fraction of sp³-hybridized carbons (Fsp3) is 0.310. The van der Waals surface area contributed by atoms with E-state index in [1.807, 2.05) is 30.3 Å². The molecule has 0 aromatic heterocycles. The predicted molar refractivity (Wildman–Crippen MR) is 161 cm³/mol. The summed E-state index contributed by atoms with van der Waals surface area (Å²) in [5, 5.41) is 3.56. The van der Waals surface area contributed by atoms with E-state index in [-0.39, 0.29) is 29.7 Å². The van der Waals surface area contributed by atoms with Gasteiger partial charge in [-0.2, -0.15) is 12.7 Å². The highest BCUT2D eigenvalue weighted by Crippen LogP contribution is 2.26. The van der Waals surface area contributed by atoms with Gasteiger partial charge in [-0.1, -0.05) is 59.6 Å². The molecule has 2 amide bonds. The van der Waals surface area contributed by atoms with Gasteiger partial charge in [0.25, 0.3) is 0 Å². The summed E-state index contributed by atoms with van der Waals surface area (Å²) in [6.07, 6.45) is 0.160. The molecular formula is C29H33Cl2FN4O4S. The van der Waals surface area contributed by atoms with E-state index in [4.69, 9.17) is 23.2 Å². The zero-order valence-corrected chi connectivity index (χ0v) is 25.5. The number of carbonyl (C=O) groups is 2. The van der Waals surface area contributed by atoms with Crippen LogP contribution in [0.4, 0.5) is 10.1 Å². The third-order valence-corrected chi connectivity index (χ3v) is 8.60. The number of nitrogens with zero attached hydrogens (tertiary/aromatic N) is 3. The van der Waals surface area contributed by atoms with Gasteiger partial charge in [0, 0.05) is 43.1 Å². The Morgan fingerprint density at radius 1 is 0.951 bits per heavy atom. The molecule has 0 saturated heterocycles. The van der Waals surface area contributed by atoms with Gasteiger partial charge in [0.1, 0.15) is 18.4 Å². The number of halogens is 3. The van der Waals surface area contributed by atoms with E-state index in [1.54, 1.807) is 26.0 Å². The Bertz CT molecular complexity index is 1460. The third-order valence-electron chi connectivity index (χ3n) is 6.19. The molecule has 0 unspecified atom stereocenters. The first-order valence-corrected chi connectivity index (χ1v) is 15.0. The summed E-state index contributed by atoms with van der Waals surface area (Å²) < 4.78 is 42.2. The molecule has 220 valence electrons. The number of nitrogens with one attached hydrogen (secondary N) is 1. The smallest absolute Gasteiger partial charge is 0.304 e. The summed E-state index contributed by atoms with van der Waals surface area (Å²) in [6.45, 7) is 2.86. The minimum absolute atomic E-state index is 0.0872. The number of benzene rings is 3. The second-order valence-corrected chi connectivity index (χ2v) is 12.8. The SMILES string of the molecule is CC(C)NC(=O)[C@@H](Cc1ccccc1)N(Cc1ccc(Cl)cc1Cl)C(=O)CN(c1ccc(F)cc1)S(=O)(=O)N(C)C. The van der Waals surface area contributed by atoms with Gasteiger partial charge in [0.15, 0.2) is 0 Å². The summed E-state index contributed by atoms with van der Waals surface area (Å²) in [5.41, 5.74) is 1.40. The maximum absolute atomic E-state index is 14.1. The van der Waals surface area contributed by atoms with Crippen LogP contribution < -0.4 is 9.62 Å². The van der Waals surface area contributed by atoms with Gasteiger partial charge in [-0.05, 0) is 61.4 Å². The Labute approximate surface area is 250 Å². The van der Waals surface area contributed by atoms with Crippen LogP contribution in [-0.2, 0) is 32.8 Å². The summed E-state index contributed by atoms with van der Waals surface area (Å²) in [7, 11) is -1.53. The van der Waals surface area contributed by atoms with Crippen molar-refractivity contribution in [1.29, 1.82) is 0 Å². The minimum Gasteiger partial charge on any atom is -0.352 e. The lowest BCUT2D eigenvalue weighted by Gasteiger charge is -2.35. The first kappa shape index (κ1) is 32.3. The molecule has 12 heteroatoms. The van der Waals surface area contributed by atoms with E-state index < -0.39 is 40.4 Å². The van der Waals surface area contributed by atoms with Crippen molar-refractivity contribution in [3.05, 3.63) is 99.8 Å². The number of rotatable bonds is 12. The van der Waals surface area contributed by atoms with E-state index in [1.165, 1.54) is 37.2 Å². The fourth-order valence-corrected chi connectivity index (χ4v) is 5.62. The van der Waals surface area contributed by atoms with Gasteiger partial charge in [0.05, 0.1) is 5.69 Å². The lowest BCUT2D eigenvalue weighted by Crippen LogP contribution is -2.55. The molecule has 8 nitrogen and oxygen atoms in total. The van der Waals surface area contributed by atoms with Crippen LogP contribution in [0.25, 0.3) is 0 Å². The van der Waals surface area contributed by atoms with E-state index in [0.29, 0.717) is 10.6 Å². The minimum atomic E-state index is -4.19. The zero-order valence-electron chi connectivity index (χ0n) is 23.2. The summed E-state index contributed by atoms with van der Waals surface area (Å²) >= 11 is 12.6. The highest BCUT2D eigenvalue weighted by Gasteiger charge is 2.35. The van der Waals surface area contributed by atoms with E-state index in [2.05, 4.69) is 5.32 Å². The summed E-state index contributed by atoms with van der Waals surface area (Å²) in [5.74, 6) is -1.63. The normalized spacial score (nSPS) is 12.3. The molecular weight excluding hydrogens is 590 g/mol. The zero-order chi connectivity index (χ0) is 30.3. The van der Waals surface area contributed by atoms with Gasteiger partial charge in [-0.3, -0.25) is 9.59 Å². The number of amides is 2. The predicted octanol–water partition coefficient (Wildman–Crippen LogP) is 4.91. The standard InChI is InChI=1S/C29H33Cl2FN4O4S/c1-20(2)33-29(38)27(16-21-8-6-5-7-9-21)35(18-22-10-11-23(30)17-26(22)31)28(37)19-36(41(39,40)34(3)4)25-14-12-24(32)13-15-25/h5-15,17,20,27H,16,18-19H2,1-4H3,(H,33,38)/t27-/m1/s1. The maximum atomic E-state index is 14.1. The van der Waals surface area contributed by atoms with Crippen molar-refractivity contribution in [3.63, 3.8) is 0 Å². The van der Waals surface area contributed by atoms with Crippen molar-refractivity contribution < 1.29 is 22.4 Å². The summed E-state index contributed by atoms with van der Waals surface area (Å²) in [4.78, 5) is 29.1. The first-order valence-electron chi connectivity index (χ1n) is 12.8. The van der Waals surface area contributed by atoms with E-state index in [0.717, 1.165) is 26.3 Å². The monoisotopic (exact) mass is 622 g/mol. The fourth-order valence-electron chi connectivity index (χ4n) is 4.09. The molecule has 0 aliphatic rings. The molecule has 0 aliphatic heterocycles. The largest absolute Gasteiger partial charge is 0.352 e. The topological polar surface area (TPSA) is 90.0 Å². The van der Waals surface area contributed by atoms with Gasteiger partial charge in [-0.15, -0.1) is 0 Å². The first-order chi connectivity index (χ1) is 19.3. The molecule has 0 radical (unpaired) electrons. The second-order valence-electron chi connectivity index (χ2n) is 9.90. The third kappa shape index (κ3) is 8.65. The number of hydrogen-bond acceptors (Lipinski definition) is 4. The van der Waals surface area contributed by atoms with Crippen LogP contribution in [0.5, 0.6) is 0 Å². The van der Waals surface area contributed by atoms with Crippen molar-refractivity contribution in [2.24, 2.45) is 0 Å². The van der Waals surface area contributed by atoms with Crippen molar-refractivity contribution >= 4 is 50.9 Å². The van der Waals surface area contributed by atoms with Crippen LogP contribution >= 0.6 is 23.2 Å². The molecule has 3 aromatic carbocycles. The van der Waals surface area contributed by atoms with Crippen molar-refractivity contribution in [2.75, 3.05) is 24.9 Å². The molecule has 41 heavy (non-hydrogen) atoms. The Morgan fingerprint density at radius 3 is 2.15 bits per heavy atom. The second kappa shape index (κ2) is 14.1. The van der Waals surface area contributed by atoms with Crippen LogP contribution in [0, 0.1) is 5.82 Å². The molecule has 0 aliphatic carbocycles. The molecule has 0 fully saturated rings. The molecule has 1 atom stereocenters. The molecule has 0 heterocycles. The van der Waals surface area contributed by atoms with Gasteiger partial charge < -0.3 is 10.2 Å². The maximum Gasteiger partial charge on any atom is 0.304 e. The number of hydrogen-bond donors (Lipinski definition) is 1. The van der Waals surface area contributed by atoms with Gasteiger partial charge >= 0.3 is 10.2 Å². The van der Waals surface area contributed by atoms with Crippen molar-refractivity contribution in [1.82, 2.24) is 14.5 Å². The average Bonchev–Trinajstić information content (AvgIpc) is 2.90. The van der Waals surface area contributed by atoms with Crippen LogP contribution in [0.1, 0.15) is 25.0 Å². The van der Waals surface area contributed by atoms with Crippen LogP contribution in [0.3, 0.4) is 0 Å². The molecule has 0 bridgehead atoms.